The van der Waals surface area contributed by atoms with Crippen LogP contribution >= 0.6 is 0 Å². The number of anilines is 1. The van der Waals surface area contributed by atoms with Crippen molar-refractivity contribution in [2.45, 2.75) is 55.9 Å². The van der Waals surface area contributed by atoms with Gasteiger partial charge < -0.3 is 47.0 Å². The molecule has 21 heteroatoms. The number of allylic oxidation sites excluding steroid dienone is 3. The summed E-state index contributed by atoms with van der Waals surface area (Å²) in [4.78, 5) is 12.2. The van der Waals surface area contributed by atoms with Gasteiger partial charge in [-0.25, -0.2) is 29.8 Å². The molecule has 1 N–H and O–H groups in total. The summed E-state index contributed by atoms with van der Waals surface area (Å²) in [5, 5.41) is 9.52. The number of carboxylic acids is 1. The summed E-state index contributed by atoms with van der Waals surface area (Å²) in [5.74, 6) is -1.69. The highest BCUT2D eigenvalue weighted by Crippen LogP contribution is 2.51. The molecule has 0 aromatic heterocycles. The van der Waals surface area contributed by atoms with Crippen LogP contribution in [0.3, 0.4) is 0 Å². The Bertz CT molecular complexity index is 2390. The van der Waals surface area contributed by atoms with Crippen LogP contribution in [0, 0.1) is 0 Å². The van der Waals surface area contributed by atoms with Gasteiger partial charge >= 0.3 is 5.97 Å². The number of rotatable bonds is 26. The molecule has 0 bridgehead atoms. The maximum absolute atomic E-state index is 12.1. The molecule has 4 rings (SSSR count). The van der Waals surface area contributed by atoms with Crippen LogP contribution in [-0.4, -0.2) is 134 Å². The Hall–Kier alpha value is -4.03. The molecule has 0 saturated carbocycles. The lowest BCUT2D eigenvalue weighted by Gasteiger charge is -2.30. The minimum Gasteiger partial charge on any atom is -0.748 e. The van der Waals surface area contributed by atoms with Crippen molar-refractivity contribution in [2.24, 2.45) is 0 Å². The van der Waals surface area contributed by atoms with E-state index in [9.17, 15) is 43.7 Å². The van der Waals surface area contributed by atoms with E-state index in [0.29, 0.717) is 53.4 Å². The van der Waals surface area contributed by atoms with Gasteiger partial charge in [0, 0.05) is 60.0 Å². The Labute approximate surface area is 356 Å². The lowest BCUT2D eigenvalue weighted by atomic mass is 9.77. The van der Waals surface area contributed by atoms with Crippen molar-refractivity contribution in [1.82, 2.24) is 4.58 Å². The summed E-state index contributed by atoms with van der Waals surface area (Å²) in [6, 6.07) is 11.0. The van der Waals surface area contributed by atoms with Crippen molar-refractivity contribution in [3.63, 3.8) is 0 Å². The first-order chi connectivity index (χ1) is 28.7. The number of aliphatic carboxylic acids is 1. The van der Waals surface area contributed by atoms with Crippen molar-refractivity contribution < 1.29 is 72.2 Å². The molecule has 0 amide bonds. The zero-order valence-electron chi connectivity index (χ0n) is 34.2. The highest BCUT2D eigenvalue weighted by atomic mass is 32.2. The van der Waals surface area contributed by atoms with Gasteiger partial charge in [0.1, 0.15) is 29.0 Å². The highest BCUT2D eigenvalue weighted by Gasteiger charge is 2.43. The Morgan fingerprint density at radius 1 is 0.902 bits per heavy atom. The molecule has 0 spiro atoms. The molecule has 0 radical (unpaired) electrons. The molecule has 338 valence electrons. The van der Waals surface area contributed by atoms with Crippen molar-refractivity contribution >= 4 is 48.1 Å². The van der Waals surface area contributed by atoms with E-state index in [-0.39, 0.29) is 71.2 Å². The third-order valence-electron chi connectivity index (χ3n) is 10.1. The van der Waals surface area contributed by atoms with E-state index in [1.54, 1.807) is 38.3 Å². The number of carbonyl (C=O) groups is 1. The molecule has 3 aliphatic rings. The van der Waals surface area contributed by atoms with Crippen molar-refractivity contribution in [3.8, 4) is 11.3 Å². The molecule has 2 atom stereocenters. The lowest BCUT2D eigenvalue weighted by molar-refractivity contribution is -0.138. The Balaban J connectivity index is 1.73. The van der Waals surface area contributed by atoms with Gasteiger partial charge in [0.05, 0.1) is 83.5 Å². The van der Waals surface area contributed by atoms with Crippen molar-refractivity contribution in [1.29, 1.82) is 0 Å². The number of hydrogen-bond acceptors (Lipinski definition) is 16. The van der Waals surface area contributed by atoms with Gasteiger partial charge in [0.2, 0.25) is 5.36 Å². The van der Waals surface area contributed by atoms with Gasteiger partial charge in [-0.2, -0.15) is 0 Å². The summed E-state index contributed by atoms with van der Waals surface area (Å²) in [6.07, 6.45) is 6.84. The van der Waals surface area contributed by atoms with Crippen LogP contribution < -0.4 is 14.8 Å². The second kappa shape index (κ2) is 22.4. The fourth-order valence-electron chi connectivity index (χ4n) is 7.12. The lowest BCUT2D eigenvalue weighted by Crippen LogP contribution is -2.41. The highest BCUT2D eigenvalue weighted by molar-refractivity contribution is 7.86. The number of nitrogens with zero attached hydrogens (tertiary/aromatic N) is 2. The van der Waals surface area contributed by atoms with E-state index in [2.05, 4.69) is 0 Å². The standard InChI is InChI=1S/C40H54N2O16S3/c1-30(29-57-22-21-54-3)41(16-6-26-60(48,49)50)32-9-11-34-31(13-19-58-37(34)27-32)7-4-8-38-40(2,15-5-25-59(45,46)47)35-28-33(61(51,52)53)10-12-36(35)42(38)17-20-56-24-23-55-18-14-39(43)44/h4,7-13,19,27-28,30H,5-6,14-18,20-26,29H2,1-3H3,(H3-,43,44,45,46,47,48,49,50,51,52,53)/p-2. The number of ether oxygens (including phenoxy) is 4. The summed E-state index contributed by atoms with van der Waals surface area (Å²) in [6.45, 7) is 5.69. The fourth-order valence-corrected chi connectivity index (χ4v) is 8.59. The summed E-state index contributed by atoms with van der Waals surface area (Å²) in [7, 11) is -12.3. The SMILES string of the molecule is COCCOCC(C)[N+](CCCS(=O)(=O)[O-])=c1ccc2c(/C=C/C=C3/N(CCOCCOCCC(=O)O)c4ccc(S(=O)(=O)[O-])cc4C3(C)CCCS(=O)(=O)[O-])ccoc-2c1. The van der Waals surface area contributed by atoms with Crippen LogP contribution in [0.25, 0.3) is 17.4 Å². The molecular weight excluding hydrogens is 861 g/mol. The normalized spacial score (nSPS) is 17.7. The number of hydrogen-bond donors (Lipinski definition) is 1. The second-order valence-electron chi connectivity index (χ2n) is 14.5. The quantitative estimate of drug-likeness (QED) is 0.0689. The summed E-state index contributed by atoms with van der Waals surface area (Å²) >= 11 is 0. The van der Waals surface area contributed by atoms with Crippen LogP contribution in [0.2, 0.25) is 0 Å². The predicted molar refractivity (Wildman–Crippen MR) is 221 cm³/mol. The largest absolute Gasteiger partial charge is 0.748 e. The molecule has 0 fully saturated rings. The van der Waals surface area contributed by atoms with Crippen molar-refractivity contribution in [2.75, 3.05) is 82.9 Å². The second-order valence-corrected chi connectivity index (χ2v) is 19.0. The molecule has 2 heterocycles. The van der Waals surface area contributed by atoms with Gasteiger partial charge in [0.15, 0.2) is 6.04 Å². The van der Waals surface area contributed by atoms with Crippen LogP contribution in [0.1, 0.15) is 50.7 Å². The molecule has 1 aromatic carbocycles. The Morgan fingerprint density at radius 2 is 1.59 bits per heavy atom. The predicted octanol–water partition coefficient (Wildman–Crippen LogP) is 2.56. The average molecular weight is 913 g/mol. The van der Waals surface area contributed by atoms with Crippen LogP contribution in [0.15, 0.2) is 75.9 Å². The Kier molecular flexibility index (Phi) is 18.2. The topological polar surface area (TPSA) is 265 Å². The average Bonchev–Trinajstić information content (AvgIpc) is 3.40. The molecule has 2 unspecified atom stereocenters. The van der Waals surface area contributed by atoms with Crippen molar-refractivity contribution in [3.05, 3.63) is 83.1 Å². The Morgan fingerprint density at radius 3 is 2.26 bits per heavy atom. The first-order valence-electron chi connectivity index (χ1n) is 19.4. The van der Waals surface area contributed by atoms with Crippen LogP contribution in [-0.2, 0) is 59.5 Å². The van der Waals surface area contributed by atoms with Gasteiger partial charge in [-0.15, -0.1) is 0 Å². The zero-order valence-corrected chi connectivity index (χ0v) is 36.7. The molecule has 0 saturated heterocycles. The first-order valence-corrected chi connectivity index (χ1v) is 24.0. The maximum atomic E-state index is 12.1. The van der Waals surface area contributed by atoms with Gasteiger partial charge in [-0.05, 0) is 74.2 Å². The van der Waals surface area contributed by atoms with E-state index in [1.165, 1.54) is 24.5 Å². The molecule has 61 heavy (non-hydrogen) atoms. The smallest absolute Gasteiger partial charge is 0.305 e. The number of fused-ring (bicyclic) bond motifs is 2. The third-order valence-corrected chi connectivity index (χ3v) is 12.5. The summed E-state index contributed by atoms with van der Waals surface area (Å²) in [5.41, 5.74) is 1.97. The van der Waals surface area contributed by atoms with E-state index in [1.807, 2.05) is 34.6 Å². The fraction of sp³-hybridized carbons (Fsp3) is 0.500. The van der Waals surface area contributed by atoms with E-state index in [0.717, 1.165) is 5.56 Å². The molecule has 1 aromatic rings. The van der Waals surface area contributed by atoms with Crippen LogP contribution in [0.5, 0.6) is 0 Å². The van der Waals surface area contributed by atoms with E-state index >= 15 is 0 Å². The molecule has 1 aliphatic carbocycles. The summed E-state index contributed by atoms with van der Waals surface area (Å²) < 4.78 is 135. The third kappa shape index (κ3) is 15.1. The molecular formula is C40H52N2O16S3-2. The monoisotopic (exact) mass is 912 g/mol. The van der Waals surface area contributed by atoms with Crippen LogP contribution in [0.4, 0.5) is 5.69 Å². The molecule has 18 nitrogen and oxygen atoms in total. The first kappa shape index (κ1) is 49.6. The van der Waals surface area contributed by atoms with E-state index < -0.39 is 58.1 Å². The number of carboxylic acid groups (broad SMARTS) is 1. The minimum absolute atomic E-state index is 0.0201. The number of benzene rings is 2. The number of methoxy groups -OCH3 is 1. The van der Waals surface area contributed by atoms with E-state index in [4.69, 9.17) is 28.5 Å². The van der Waals surface area contributed by atoms with Gasteiger partial charge in [-0.1, -0.05) is 12.2 Å². The zero-order chi connectivity index (χ0) is 44.8. The molecule has 2 aliphatic heterocycles. The maximum Gasteiger partial charge on any atom is 0.305 e. The van der Waals surface area contributed by atoms with Gasteiger partial charge in [0.25, 0.3) is 0 Å². The van der Waals surface area contributed by atoms with Gasteiger partial charge in [-0.3, -0.25) is 4.79 Å². The minimum atomic E-state index is -4.88.